The first-order valence-corrected chi connectivity index (χ1v) is 8.51. The Hall–Kier alpha value is -2.15. The molecule has 24 heavy (non-hydrogen) atoms. The van der Waals surface area contributed by atoms with Gasteiger partial charge < -0.3 is 10.2 Å². The van der Waals surface area contributed by atoms with Gasteiger partial charge in [0.25, 0.3) is 5.91 Å². The molecule has 130 valence electrons. The summed E-state index contributed by atoms with van der Waals surface area (Å²) in [4.78, 5) is 14.6. The molecular formula is C17H26N6O. The number of rotatable bonds is 4. The Bertz CT molecular complexity index is 724. The maximum atomic E-state index is 12.7. The van der Waals surface area contributed by atoms with E-state index in [9.17, 15) is 4.79 Å². The zero-order valence-electron chi connectivity index (χ0n) is 14.9. The minimum Gasteiger partial charge on any atom is -0.337 e. The average molecular weight is 330 g/mol. The molecule has 1 aliphatic rings. The van der Waals surface area contributed by atoms with Crippen molar-refractivity contribution in [1.29, 1.82) is 0 Å². The molecule has 0 bridgehead atoms. The molecule has 3 heterocycles. The second kappa shape index (κ2) is 6.76. The van der Waals surface area contributed by atoms with Gasteiger partial charge >= 0.3 is 0 Å². The van der Waals surface area contributed by atoms with Gasteiger partial charge in [0, 0.05) is 31.4 Å². The molecule has 1 fully saturated rings. The third-order valence-electron chi connectivity index (χ3n) is 4.97. The van der Waals surface area contributed by atoms with Crippen molar-refractivity contribution < 1.29 is 4.79 Å². The smallest absolute Gasteiger partial charge is 0.271 e. The molecule has 0 saturated carbocycles. The Morgan fingerprint density at radius 1 is 1.38 bits per heavy atom. The molecule has 0 aliphatic carbocycles. The Kier molecular flexibility index (Phi) is 4.71. The van der Waals surface area contributed by atoms with Crippen molar-refractivity contribution in [2.45, 2.75) is 26.7 Å². The summed E-state index contributed by atoms with van der Waals surface area (Å²) in [5.74, 6) is 0.702. The zero-order valence-corrected chi connectivity index (χ0v) is 14.9. The van der Waals surface area contributed by atoms with Crippen LogP contribution in [-0.4, -0.2) is 57.5 Å². The van der Waals surface area contributed by atoms with Gasteiger partial charge in [0.2, 0.25) is 0 Å². The van der Waals surface area contributed by atoms with Crippen LogP contribution in [-0.2, 0) is 7.05 Å². The van der Waals surface area contributed by atoms with Gasteiger partial charge in [-0.3, -0.25) is 14.6 Å². The van der Waals surface area contributed by atoms with Crippen LogP contribution in [0.1, 0.15) is 34.7 Å². The van der Waals surface area contributed by atoms with Crippen LogP contribution in [0.3, 0.4) is 0 Å². The van der Waals surface area contributed by atoms with Gasteiger partial charge in [-0.1, -0.05) is 0 Å². The molecule has 0 radical (unpaired) electrons. The number of amides is 1. The fourth-order valence-electron chi connectivity index (χ4n) is 3.50. The number of hydrogen-bond donors (Lipinski definition) is 2. The van der Waals surface area contributed by atoms with Crippen molar-refractivity contribution in [3.8, 4) is 11.3 Å². The molecule has 1 saturated heterocycles. The van der Waals surface area contributed by atoms with E-state index in [4.69, 9.17) is 0 Å². The maximum absolute atomic E-state index is 12.7. The van der Waals surface area contributed by atoms with E-state index in [-0.39, 0.29) is 5.91 Å². The number of aromatic nitrogens is 4. The van der Waals surface area contributed by atoms with Gasteiger partial charge in [0.15, 0.2) is 0 Å². The summed E-state index contributed by atoms with van der Waals surface area (Å²) >= 11 is 0. The van der Waals surface area contributed by atoms with Gasteiger partial charge in [0.05, 0.1) is 11.4 Å². The summed E-state index contributed by atoms with van der Waals surface area (Å²) in [5.41, 5.74) is 4.31. The summed E-state index contributed by atoms with van der Waals surface area (Å²) in [6, 6.07) is 1.85. The second-order valence-corrected chi connectivity index (χ2v) is 6.63. The highest BCUT2D eigenvalue weighted by Crippen LogP contribution is 2.26. The summed E-state index contributed by atoms with van der Waals surface area (Å²) < 4.78 is 1.84. The van der Waals surface area contributed by atoms with E-state index in [1.54, 1.807) is 0 Å². The van der Waals surface area contributed by atoms with E-state index in [2.05, 4.69) is 20.6 Å². The standard InChI is InChI=1S/C17H26N6O/c1-11-16(12(2)22(4)21-11)14-9-15(20-19-14)17(24)23-7-5-13(6-8-23)10-18-3/h9,13,18H,5-8,10H2,1-4H3,(H,19,20). The topological polar surface area (TPSA) is 78.8 Å². The van der Waals surface area contributed by atoms with Crippen LogP contribution in [0.5, 0.6) is 0 Å². The van der Waals surface area contributed by atoms with Crippen LogP contribution in [0.4, 0.5) is 0 Å². The lowest BCUT2D eigenvalue weighted by Gasteiger charge is -2.31. The third kappa shape index (κ3) is 3.08. The number of aryl methyl sites for hydroxylation is 2. The molecule has 0 unspecified atom stereocenters. The molecule has 2 N–H and O–H groups in total. The van der Waals surface area contributed by atoms with Crippen molar-refractivity contribution in [3.05, 3.63) is 23.1 Å². The summed E-state index contributed by atoms with van der Waals surface area (Å²) in [6.07, 6.45) is 2.10. The van der Waals surface area contributed by atoms with E-state index in [0.29, 0.717) is 11.6 Å². The number of hydrogen-bond acceptors (Lipinski definition) is 4. The van der Waals surface area contributed by atoms with Crippen LogP contribution >= 0.6 is 0 Å². The molecule has 1 amide bonds. The fraction of sp³-hybridized carbons (Fsp3) is 0.588. The fourth-order valence-corrected chi connectivity index (χ4v) is 3.50. The number of carbonyl (C=O) groups excluding carboxylic acids is 1. The Morgan fingerprint density at radius 2 is 2.08 bits per heavy atom. The highest BCUT2D eigenvalue weighted by molar-refractivity contribution is 5.93. The summed E-state index contributed by atoms with van der Waals surface area (Å²) in [6.45, 7) is 6.62. The van der Waals surface area contributed by atoms with Crippen LogP contribution in [0.15, 0.2) is 6.07 Å². The van der Waals surface area contributed by atoms with Crippen molar-refractivity contribution >= 4 is 5.91 Å². The Balaban J connectivity index is 1.73. The molecule has 7 heteroatoms. The predicted octanol–water partition coefficient (Wildman–Crippen LogP) is 1.50. The molecule has 2 aromatic heterocycles. The lowest BCUT2D eigenvalue weighted by Crippen LogP contribution is -2.40. The Labute approximate surface area is 142 Å². The molecule has 7 nitrogen and oxygen atoms in total. The van der Waals surface area contributed by atoms with Crippen molar-refractivity contribution in [2.24, 2.45) is 13.0 Å². The van der Waals surface area contributed by atoms with Gasteiger partial charge in [-0.05, 0) is 52.3 Å². The van der Waals surface area contributed by atoms with E-state index < -0.39 is 0 Å². The number of aromatic amines is 1. The first-order chi connectivity index (χ1) is 11.5. The monoisotopic (exact) mass is 330 g/mol. The number of nitrogens with one attached hydrogen (secondary N) is 2. The van der Waals surface area contributed by atoms with Crippen LogP contribution in [0.25, 0.3) is 11.3 Å². The number of nitrogens with zero attached hydrogens (tertiary/aromatic N) is 4. The predicted molar refractivity (Wildman–Crippen MR) is 92.8 cm³/mol. The van der Waals surface area contributed by atoms with Gasteiger partial charge in [-0.25, -0.2) is 0 Å². The summed E-state index contributed by atoms with van der Waals surface area (Å²) in [7, 11) is 3.89. The molecule has 3 rings (SSSR count). The first-order valence-electron chi connectivity index (χ1n) is 8.51. The minimum absolute atomic E-state index is 0.0378. The molecule has 2 aromatic rings. The highest BCUT2D eigenvalue weighted by atomic mass is 16.2. The third-order valence-corrected chi connectivity index (χ3v) is 4.97. The van der Waals surface area contributed by atoms with Crippen molar-refractivity contribution in [2.75, 3.05) is 26.7 Å². The van der Waals surface area contributed by atoms with E-state index >= 15 is 0 Å². The molecule has 0 spiro atoms. The lowest BCUT2D eigenvalue weighted by molar-refractivity contribution is 0.0685. The molecular weight excluding hydrogens is 304 g/mol. The number of likely N-dealkylation sites (tertiary alicyclic amines) is 1. The first kappa shape index (κ1) is 16.7. The number of piperidine rings is 1. The van der Waals surface area contributed by atoms with E-state index in [1.165, 1.54) is 0 Å². The van der Waals surface area contributed by atoms with Crippen molar-refractivity contribution in [3.63, 3.8) is 0 Å². The normalized spacial score (nSPS) is 15.9. The van der Waals surface area contributed by atoms with Crippen LogP contribution in [0, 0.1) is 19.8 Å². The Morgan fingerprint density at radius 3 is 2.67 bits per heavy atom. The van der Waals surface area contributed by atoms with Gasteiger partial charge in [-0.15, -0.1) is 0 Å². The number of H-pyrrole nitrogens is 1. The largest absolute Gasteiger partial charge is 0.337 e. The zero-order chi connectivity index (χ0) is 17.3. The maximum Gasteiger partial charge on any atom is 0.271 e. The molecule has 0 aromatic carbocycles. The second-order valence-electron chi connectivity index (χ2n) is 6.63. The average Bonchev–Trinajstić information content (AvgIpc) is 3.13. The summed E-state index contributed by atoms with van der Waals surface area (Å²) in [5, 5.41) is 14.9. The highest BCUT2D eigenvalue weighted by Gasteiger charge is 2.25. The van der Waals surface area contributed by atoms with E-state index in [0.717, 1.165) is 55.1 Å². The minimum atomic E-state index is 0.0378. The van der Waals surface area contributed by atoms with Gasteiger partial charge in [0.1, 0.15) is 5.69 Å². The van der Waals surface area contributed by atoms with Crippen molar-refractivity contribution in [1.82, 2.24) is 30.2 Å². The molecule has 1 aliphatic heterocycles. The van der Waals surface area contributed by atoms with Crippen LogP contribution in [0.2, 0.25) is 0 Å². The SMILES string of the molecule is CNCC1CCN(C(=O)c2cc(-c3c(C)nn(C)c3C)n[nH]2)CC1. The van der Waals surface area contributed by atoms with Crippen LogP contribution < -0.4 is 5.32 Å². The van der Waals surface area contributed by atoms with Gasteiger partial charge in [-0.2, -0.15) is 10.2 Å². The quantitative estimate of drug-likeness (QED) is 0.890. The van der Waals surface area contributed by atoms with E-state index in [1.807, 2.05) is 43.6 Å². The lowest BCUT2D eigenvalue weighted by atomic mass is 9.96. The number of carbonyl (C=O) groups is 1. The molecule has 0 atom stereocenters.